The van der Waals surface area contributed by atoms with E-state index in [1.807, 2.05) is 74.5 Å². The molecule has 2 aromatic carbocycles. The van der Waals surface area contributed by atoms with E-state index in [1.54, 1.807) is 6.26 Å². The van der Waals surface area contributed by atoms with Crippen molar-refractivity contribution in [3.8, 4) is 11.5 Å². The van der Waals surface area contributed by atoms with Crippen LogP contribution in [0.1, 0.15) is 24.3 Å². The number of nitrogens with one attached hydrogen (secondary N) is 2. The van der Waals surface area contributed by atoms with Gasteiger partial charge < -0.3 is 14.5 Å². The first-order chi connectivity index (χ1) is 12.6. The molecule has 0 unspecified atom stereocenters. The van der Waals surface area contributed by atoms with Gasteiger partial charge in [0.25, 0.3) is 0 Å². The Labute approximate surface area is 153 Å². The van der Waals surface area contributed by atoms with Gasteiger partial charge in [-0.15, -0.1) is 0 Å². The molecule has 3 aromatic rings. The van der Waals surface area contributed by atoms with Crippen molar-refractivity contribution in [3.05, 3.63) is 78.3 Å². The maximum atomic E-state index is 12.1. The second-order valence-corrected chi connectivity index (χ2v) is 6.11. The molecule has 0 radical (unpaired) electrons. The van der Waals surface area contributed by atoms with E-state index in [1.165, 1.54) is 5.56 Å². The quantitative estimate of drug-likeness (QED) is 0.650. The predicted molar refractivity (Wildman–Crippen MR) is 101 cm³/mol. The lowest BCUT2D eigenvalue weighted by molar-refractivity contribution is -0.115. The number of carbonyl (C=O) groups is 1. The topological polar surface area (TPSA) is 63.5 Å². The summed E-state index contributed by atoms with van der Waals surface area (Å²) in [7, 11) is 0. The summed E-state index contributed by atoms with van der Waals surface area (Å²) in [5.74, 6) is 2.19. The number of benzene rings is 2. The summed E-state index contributed by atoms with van der Waals surface area (Å²) in [5.41, 5.74) is 1.91. The van der Waals surface area contributed by atoms with Gasteiger partial charge in [0.15, 0.2) is 0 Å². The smallest absolute Gasteiger partial charge is 0.238 e. The molecule has 0 saturated heterocycles. The van der Waals surface area contributed by atoms with E-state index < -0.39 is 0 Å². The molecule has 0 aliphatic rings. The minimum absolute atomic E-state index is 0.0268. The lowest BCUT2D eigenvalue weighted by Gasteiger charge is -2.12. The Morgan fingerprint density at radius 2 is 1.69 bits per heavy atom. The summed E-state index contributed by atoms with van der Waals surface area (Å²) in [4.78, 5) is 12.1. The average molecular weight is 350 g/mol. The van der Waals surface area contributed by atoms with Crippen molar-refractivity contribution in [1.29, 1.82) is 0 Å². The van der Waals surface area contributed by atoms with Crippen molar-refractivity contribution < 1.29 is 13.9 Å². The van der Waals surface area contributed by atoms with Crippen LogP contribution < -0.4 is 15.4 Å². The predicted octanol–water partition coefficient (Wildman–Crippen LogP) is 4.67. The van der Waals surface area contributed by atoms with Crippen LogP contribution in [0, 0.1) is 6.92 Å². The van der Waals surface area contributed by atoms with Gasteiger partial charge in [-0.1, -0.05) is 17.7 Å². The molecule has 0 bridgehead atoms. The number of aryl methyl sites for hydroxylation is 1. The van der Waals surface area contributed by atoms with Crippen molar-refractivity contribution in [2.45, 2.75) is 19.9 Å². The Balaban J connectivity index is 1.49. The van der Waals surface area contributed by atoms with Crippen LogP contribution in [0.4, 0.5) is 5.69 Å². The molecule has 5 nitrogen and oxygen atoms in total. The van der Waals surface area contributed by atoms with Crippen LogP contribution >= 0.6 is 0 Å². The first kappa shape index (κ1) is 17.8. The number of amides is 1. The number of furan rings is 1. The van der Waals surface area contributed by atoms with Gasteiger partial charge in [0, 0.05) is 5.69 Å². The fourth-order valence-corrected chi connectivity index (χ4v) is 2.44. The van der Waals surface area contributed by atoms with E-state index in [0.29, 0.717) is 0 Å². The van der Waals surface area contributed by atoms with Crippen molar-refractivity contribution >= 4 is 11.6 Å². The van der Waals surface area contributed by atoms with Crippen molar-refractivity contribution in [1.82, 2.24) is 5.32 Å². The highest BCUT2D eigenvalue weighted by molar-refractivity contribution is 5.92. The Morgan fingerprint density at radius 3 is 2.31 bits per heavy atom. The van der Waals surface area contributed by atoms with E-state index in [-0.39, 0.29) is 18.5 Å². The number of hydrogen-bond acceptors (Lipinski definition) is 4. The summed E-state index contributed by atoms with van der Waals surface area (Å²) in [6, 6.07) is 18.8. The third-order valence-corrected chi connectivity index (χ3v) is 3.93. The maximum Gasteiger partial charge on any atom is 0.238 e. The first-order valence-electron chi connectivity index (χ1n) is 8.51. The Bertz CT molecular complexity index is 825. The highest BCUT2D eigenvalue weighted by atomic mass is 16.5. The molecule has 1 atom stereocenters. The largest absolute Gasteiger partial charge is 0.468 e. The van der Waals surface area contributed by atoms with Crippen LogP contribution in [-0.4, -0.2) is 12.5 Å². The molecule has 1 amide bonds. The molecule has 0 saturated carbocycles. The molecule has 3 rings (SSSR count). The van der Waals surface area contributed by atoms with Gasteiger partial charge in [-0.3, -0.25) is 10.1 Å². The normalized spacial score (nSPS) is 11.8. The molecular weight excluding hydrogens is 328 g/mol. The molecule has 0 aliphatic heterocycles. The lowest BCUT2D eigenvalue weighted by atomic mass is 10.2. The fraction of sp³-hybridized carbons (Fsp3) is 0.190. The minimum atomic E-state index is -0.115. The zero-order chi connectivity index (χ0) is 18.4. The fourth-order valence-electron chi connectivity index (χ4n) is 2.44. The summed E-state index contributed by atoms with van der Waals surface area (Å²) in [6.07, 6.45) is 1.62. The van der Waals surface area contributed by atoms with Gasteiger partial charge in [-0.25, -0.2) is 0 Å². The monoisotopic (exact) mass is 350 g/mol. The lowest BCUT2D eigenvalue weighted by Crippen LogP contribution is -2.29. The van der Waals surface area contributed by atoms with E-state index in [4.69, 9.17) is 9.15 Å². The van der Waals surface area contributed by atoms with Gasteiger partial charge in [0.05, 0.1) is 18.8 Å². The summed E-state index contributed by atoms with van der Waals surface area (Å²) in [5, 5.41) is 5.98. The minimum Gasteiger partial charge on any atom is -0.468 e. The van der Waals surface area contributed by atoms with Gasteiger partial charge in [0.1, 0.15) is 17.3 Å². The second kappa shape index (κ2) is 8.36. The SMILES string of the molecule is Cc1ccc(Oc2ccc(NC(=O)CN[C@H](C)c3ccco3)cc2)cc1. The van der Waals surface area contributed by atoms with Crippen LogP contribution in [0.25, 0.3) is 0 Å². The number of anilines is 1. The molecule has 26 heavy (non-hydrogen) atoms. The van der Waals surface area contributed by atoms with Crippen LogP contribution in [0.15, 0.2) is 71.3 Å². The van der Waals surface area contributed by atoms with Crippen molar-refractivity contribution in [2.75, 3.05) is 11.9 Å². The summed E-state index contributed by atoms with van der Waals surface area (Å²) in [6.45, 7) is 4.18. The third kappa shape index (κ3) is 4.97. The van der Waals surface area contributed by atoms with Crippen LogP contribution in [0.2, 0.25) is 0 Å². The highest BCUT2D eigenvalue weighted by Gasteiger charge is 2.10. The van der Waals surface area contributed by atoms with Crippen LogP contribution in [0.3, 0.4) is 0 Å². The van der Waals surface area contributed by atoms with Crippen molar-refractivity contribution in [3.63, 3.8) is 0 Å². The average Bonchev–Trinajstić information content (AvgIpc) is 3.18. The van der Waals surface area contributed by atoms with E-state index in [2.05, 4.69) is 10.6 Å². The van der Waals surface area contributed by atoms with E-state index in [9.17, 15) is 4.79 Å². The van der Waals surface area contributed by atoms with Gasteiger partial charge >= 0.3 is 0 Å². The first-order valence-corrected chi connectivity index (χ1v) is 8.51. The number of ether oxygens (including phenoxy) is 1. The molecule has 1 aromatic heterocycles. The molecule has 5 heteroatoms. The van der Waals surface area contributed by atoms with Crippen LogP contribution in [0.5, 0.6) is 11.5 Å². The second-order valence-electron chi connectivity index (χ2n) is 6.11. The standard InChI is InChI=1S/C21H22N2O3/c1-15-5-9-18(10-6-15)26-19-11-7-17(8-12-19)23-21(24)14-22-16(2)20-4-3-13-25-20/h3-13,16,22H,14H2,1-2H3,(H,23,24)/t16-/m1/s1. The van der Waals surface area contributed by atoms with E-state index in [0.717, 1.165) is 22.9 Å². The zero-order valence-electron chi connectivity index (χ0n) is 14.9. The molecule has 1 heterocycles. The molecule has 0 aliphatic carbocycles. The number of carbonyl (C=O) groups excluding carboxylic acids is 1. The highest BCUT2D eigenvalue weighted by Crippen LogP contribution is 2.23. The van der Waals surface area contributed by atoms with Gasteiger partial charge in [-0.05, 0) is 62.4 Å². The Morgan fingerprint density at radius 1 is 1.04 bits per heavy atom. The van der Waals surface area contributed by atoms with Gasteiger partial charge in [-0.2, -0.15) is 0 Å². The maximum absolute atomic E-state index is 12.1. The van der Waals surface area contributed by atoms with Gasteiger partial charge in [0.2, 0.25) is 5.91 Å². The molecule has 134 valence electrons. The molecule has 2 N–H and O–H groups in total. The van der Waals surface area contributed by atoms with Crippen LogP contribution in [-0.2, 0) is 4.79 Å². The van der Waals surface area contributed by atoms with E-state index >= 15 is 0 Å². The molecule has 0 fully saturated rings. The van der Waals surface area contributed by atoms with Crippen molar-refractivity contribution in [2.24, 2.45) is 0 Å². The summed E-state index contributed by atoms with van der Waals surface area (Å²) < 4.78 is 11.1. The Hall–Kier alpha value is -3.05. The molecule has 0 spiro atoms. The Kier molecular flexibility index (Phi) is 5.71. The third-order valence-electron chi connectivity index (χ3n) is 3.93. The summed E-state index contributed by atoms with van der Waals surface area (Å²) >= 11 is 0. The number of hydrogen-bond donors (Lipinski definition) is 2. The molecular formula is C21H22N2O3. The zero-order valence-corrected chi connectivity index (χ0v) is 14.9. The number of rotatable bonds is 7.